The number of ether oxygens (including phenoxy) is 1. The van der Waals surface area contributed by atoms with Crippen LogP contribution in [-0.4, -0.2) is 24.4 Å². The maximum Gasteiger partial charge on any atom is 0.336 e. The topological polar surface area (TPSA) is 84.8 Å². The van der Waals surface area contributed by atoms with Crippen LogP contribution >= 0.6 is 0 Å². The van der Waals surface area contributed by atoms with Crippen molar-refractivity contribution in [3.8, 4) is 5.75 Å². The summed E-state index contributed by atoms with van der Waals surface area (Å²) in [6.45, 7) is 2.91. The van der Waals surface area contributed by atoms with E-state index in [2.05, 4.69) is 5.32 Å². The lowest BCUT2D eigenvalue weighted by Crippen LogP contribution is -2.31. The summed E-state index contributed by atoms with van der Waals surface area (Å²) in [4.78, 5) is 11.4. The molecule has 0 spiro atoms. The fraction of sp³-hybridized carbons (Fsp3) is 0.278. The Hall–Kier alpha value is -2.57. The highest BCUT2D eigenvalue weighted by atomic mass is 16.5. The summed E-state index contributed by atoms with van der Waals surface area (Å²) in [6.07, 6.45) is 0.941. The zero-order chi connectivity index (χ0) is 16.9. The lowest BCUT2D eigenvalue weighted by atomic mass is 10.1. The minimum Gasteiger partial charge on any atom is -0.491 e. The SMILES string of the molecule is Cc1cc(=O)oc2cc(OC[C@H](O)CNCc3ccco3)ccc12. The molecule has 6 nitrogen and oxygen atoms in total. The fourth-order valence-corrected chi connectivity index (χ4v) is 2.42. The molecule has 0 aliphatic rings. The van der Waals surface area contributed by atoms with E-state index in [4.69, 9.17) is 13.6 Å². The molecule has 24 heavy (non-hydrogen) atoms. The standard InChI is InChI=1S/C18H19NO5/c1-12-7-18(21)24-17-8-14(4-5-16(12)17)23-11-13(20)9-19-10-15-3-2-6-22-15/h2-8,13,19-20H,9-11H2,1H3/t13-/m1/s1. The van der Waals surface area contributed by atoms with Crippen molar-refractivity contribution >= 4 is 11.0 Å². The second-order valence-corrected chi connectivity index (χ2v) is 5.58. The maximum atomic E-state index is 11.4. The van der Waals surface area contributed by atoms with Gasteiger partial charge in [0.05, 0.1) is 12.8 Å². The third-order valence-corrected chi connectivity index (χ3v) is 3.62. The minimum atomic E-state index is -0.667. The van der Waals surface area contributed by atoms with Crippen molar-refractivity contribution < 1.29 is 18.7 Å². The first kappa shape index (κ1) is 16.3. The lowest BCUT2D eigenvalue weighted by molar-refractivity contribution is 0.106. The summed E-state index contributed by atoms with van der Waals surface area (Å²) >= 11 is 0. The van der Waals surface area contributed by atoms with Crippen molar-refractivity contribution in [2.45, 2.75) is 19.6 Å². The Kier molecular flexibility index (Phi) is 4.98. The first-order valence-electron chi connectivity index (χ1n) is 7.70. The quantitative estimate of drug-likeness (QED) is 0.647. The molecule has 126 valence electrons. The summed E-state index contributed by atoms with van der Waals surface area (Å²) in [6, 6.07) is 10.4. The molecule has 1 aromatic carbocycles. The number of aliphatic hydroxyl groups excluding tert-OH is 1. The van der Waals surface area contributed by atoms with Crippen molar-refractivity contribution in [2.24, 2.45) is 0 Å². The predicted molar refractivity (Wildman–Crippen MR) is 89.1 cm³/mol. The van der Waals surface area contributed by atoms with Gasteiger partial charge in [0.15, 0.2) is 0 Å². The minimum absolute atomic E-state index is 0.132. The molecule has 3 rings (SSSR count). The average molecular weight is 329 g/mol. The van der Waals surface area contributed by atoms with Crippen LogP contribution in [0.3, 0.4) is 0 Å². The third kappa shape index (κ3) is 4.04. The molecular formula is C18H19NO5. The van der Waals surface area contributed by atoms with Gasteiger partial charge in [-0.25, -0.2) is 4.79 Å². The van der Waals surface area contributed by atoms with Gasteiger partial charge in [0.25, 0.3) is 0 Å². The smallest absolute Gasteiger partial charge is 0.336 e. The monoisotopic (exact) mass is 329 g/mol. The molecule has 0 bridgehead atoms. The van der Waals surface area contributed by atoms with E-state index in [1.807, 2.05) is 25.1 Å². The highest BCUT2D eigenvalue weighted by Crippen LogP contribution is 2.22. The van der Waals surface area contributed by atoms with E-state index in [-0.39, 0.29) is 12.2 Å². The predicted octanol–water partition coefficient (Wildman–Crippen LogP) is 2.22. The number of furan rings is 1. The molecule has 0 aliphatic heterocycles. The van der Waals surface area contributed by atoms with Crippen LogP contribution in [0.1, 0.15) is 11.3 Å². The molecule has 2 heterocycles. The summed E-state index contributed by atoms with van der Waals surface area (Å²) in [5.74, 6) is 1.35. The maximum absolute atomic E-state index is 11.4. The molecule has 2 aromatic heterocycles. The van der Waals surface area contributed by atoms with E-state index in [1.54, 1.807) is 18.4 Å². The molecule has 0 amide bonds. The fourth-order valence-electron chi connectivity index (χ4n) is 2.42. The number of aliphatic hydroxyl groups is 1. The Morgan fingerprint density at radius 2 is 2.17 bits per heavy atom. The van der Waals surface area contributed by atoms with Crippen LogP contribution in [0.5, 0.6) is 5.75 Å². The van der Waals surface area contributed by atoms with Gasteiger partial charge in [0.2, 0.25) is 0 Å². The van der Waals surface area contributed by atoms with Gasteiger partial charge in [0, 0.05) is 24.1 Å². The number of aryl methyl sites for hydroxylation is 1. The van der Waals surface area contributed by atoms with Crippen LogP contribution in [-0.2, 0) is 6.54 Å². The molecule has 1 atom stereocenters. The van der Waals surface area contributed by atoms with Gasteiger partial charge in [-0.3, -0.25) is 0 Å². The summed E-state index contributed by atoms with van der Waals surface area (Å²) in [5.41, 5.74) is 0.942. The lowest BCUT2D eigenvalue weighted by Gasteiger charge is -2.13. The molecule has 0 radical (unpaired) electrons. The molecule has 0 fully saturated rings. The third-order valence-electron chi connectivity index (χ3n) is 3.62. The Bertz CT molecular complexity index is 853. The Morgan fingerprint density at radius 1 is 1.29 bits per heavy atom. The summed E-state index contributed by atoms with van der Waals surface area (Å²) < 4.78 is 15.9. The van der Waals surface area contributed by atoms with Crippen LogP contribution < -0.4 is 15.7 Å². The van der Waals surface area contributed by atoms with Gasteiger partial charge >= 0.3 is 5.63 Å². The largest absolute Gasteiger partial charge is 0.491 e. The number of benzene rings is 1. The molecular weight excluding hydrogens is 310 g/mol. The Morgan fingerprint density at radius 3 is 2.96 bits per heavy atom. The van der Waals surface area contributed by atoms with Crippen LogP contribution in [0.4, 0.5) is 0 Å². The summed E-state index contributed by atoms with van der Waals surface area (Å²) in [7, 11) is 0. The summed E-state index contributed by atoms with van der Waals surface area (Å²) in [5, 5.41) is 13.9. The second kappa shape index (κ2) is 7.33. The number of nitrogens with one attached hydrogen (secondary N) is 1. The van der Waals surface area contributed by atoms with Gasteiger partial charge in [-0.05, 0) is 36.8 Å². The van der Waals surface area contributed by atoms with Crippen LogP contribution in [0.25, 0.3) is 11.0 Å². The number of rotatable bonds is 7. The van der Waals surface area contributed by atoms with E-state index in [0.29, 0.717) is 24.4 Å². The van der Waals surface area contributed by atoms with Gasteiger partial charge in [-0.2, -0.15) is 0 Å². The Labute approximate surface area is 138 Å². The van der Waals surface area contributed by atoms with E-state index in [0.717, 1.165) is 16.7 Å². The van der Waals surface area contributed by atoms with Gasteiger partial charge in [0.1, 0.15) is 29.8 Å². The molecule has 6 heteroatoms. The number of hydrogen-bond donors (Lipinski definition) is 2. The molecule has 2 N–H and O–H groups in total. The second-order valence-electron chi connectivity index (χ2n) is 5.58. The van der Waals surface area contributed by atoms with Crippen molar-refractivity contribution in [2.75, 3.05) is 13.2 Å². The highest BCUT2D eigenvalue weighted by molar-refractivity contribution is 5.81. The normalized spacial score (nSPS) is 12.4. The van der Waals surface area contributed by atoms with Crippen LogP contribution in [0, 0.1) is 6.92 Å². The molecule has 0 saturated carbocycles. The number of fused-ring (bicyclic) bond motifs is 1. The Balaban J connectivity index is 1.54. The molecule has 0 unspecified atom stereocenters. The molecule has 0 aliphatic carbocycles. The van der Waals surface area contributed by atoms with Gasteiger partial charge in [-0.15, -0.1) is 0 Å². The van der Waals surface area contributed by atoms with E-state index in [1.165, 1.54) is 6.07 Å². The van der Waals surface area contributed by atoms with Crippen LogP contribution in [0.2, 0.25) is 0 Å². The van der Waals surface area contributed by atoms with Crippen LogP contribution in [0.15, 0.2) is 56.3 Å². The van der Waals surface area contributed by atoms with E-state index in [9.17, 15) is 9.90 Å². The van der Waals surface area contributed by atoms with E-state index < -0.39 is 6.10 Å². The van der Waals surface area contributed by atoms with Crippen molar-refractivity contribution in [3.05, 3.63) is 64.4 Å². The van der Waals surface area contributed by atoms with Gasteiger partial charge < -0.3 is 24.0 Å². The van der Waals surface area contributed by atoms with Crippen molar-refractivity contribution in [1.29, 1.82) is 0 Å². The van der Waals surface area contributed by atoms with Crippen molar-refractivity contribution in [1.82, 2.24) is 5.32 Å². The highest BCUT2D eigenvalue weighted by Gasteiger charge is 2.08. The zero-order valence-electron chi connectivity index (χ0n) is 13.3. The van der Waals surface area contributed by atoms with Crippen molar-refractivity contribution in [3.63, 3.8) is 0 Å². The number of hydrogen-bond acceptors (Lipinski definition) is 6. The first-order valence-corrected chi connectivity index (χ1v) is 7.70. The first-order chi connectivity index (χ1) is 11.6. The van der Waals surface area contributed by atoms with E-state index >= 15 is 0 Å². The zero-order valence-corrected chi connectivity index (χ0v) is 13.3. The molecule has 3 aromatic rings. The average Bonchev–Trinajstić information content (AvgIpc) is 3.05. The van der Waals surface area contributed by atoms with Gasteiger partial charge in [-0.1, -0.05) is 0 Å². The molecule has 0 saturated heterocycles.